The third-order valence-corrected chi connectivity index (χ3v) is 3.60. The minimum atomic E-state index is -0.508. The molecule has 0 aliphatic carbocycles. The Hall–Kier alpha value is -1.88. The van der Waals surface area contributed by atoms with Crippen LogP contribution >= 0.6 is 11.6 Å². The van der Waals surface area contributed by atoms with Gasteiger partial charge in [0.2, 0.25) is 0 Å². The highest BCUT2D eigenvalue weighted by molar-refractivity contribution is 6.36. The number of rotatable bonds is 2. The first-order valence-corrected chi connectivity index (χ1v) is 6.40. The molecule has 2 aromatic rings. The molecule has 0 unspecified atom stereocenters. The summed E-state index contributed by atoms with van der Waals surface area (Å²) in [5, 5.41) is 0.221. The van der Waals surface area contributed by atoms with E-state index in [9.17, 15) is 9.18 Å². The van der Waals surface area contributed by atoms with E-state index in [0.29, 0.717) is 17.8 Å². The van der Waals surface area contributed by atoms with Gasteiger partial charge in [0.1, 0.15) is 13.7 Å². The van der Waals surface area contributed by atoms with Crippen molar-refractivity contribution in [2.45, 2.75) is 13.1 Å². The molecule has 0 saturated heterocycles. The smallest absolute Gasteiger partial charge is 0.256 e. The Labute approximate surface area is 121 Å². The van der Waals surface area contributed by atoms with Crippen LogP contribution in [0.1, 0.15) is 21.6 Å². The van der Waals surface area contributed by atoms with Gasteiger partial charge in [-0.25, -0.2) is 4.39 Å². The number of carbonyl (C=O) groups excluding carboxylic acids is 1. The molecule has 1 amide bonds. The Kier molecular flexibility index (Phi) is 3.22. The molecule has 3 rings (SSSR count). The van der Waals surface area contributed by atoms with Gasteiger partial charge in [-0.2, -0.15) is 0 Å². The van der Waals surface area contributed by atoms with Crippen molar-refractivity contribution in [2.75, 3.05) is 0 Å². The fourth-order valence-corrected chi connectivity index (χ4v) is 2.55. The van der Waals surface area contributed by atoms with Crippen LogP contribution in [0.4, 0.5) is 4.39 Å². The molecule has 0 saturated carbocycles. The Morgan fingerprint density at radius 3 is 2.95 bits per heavy atom. The molecule has 2 heterocycles. The molecule has 1 aliphatic rings. The molecule has 0 spiro atoms. The maximum absolute atomic E-state index is 13.9. The van der Waals surface area contributed by atoms with Gasteiger partial charge in [0.05, 0.1) is 24.3 Å². The maximum Gasteiger partial charge on any atom is 0.256 e. The number of aromatic nitrogens is 1. The number of hydrogen-bond acceptors (Lipinski definition) is 2. The van der Waals surface area contributed by atoms with Gasteiger partial charge in [0.15, 0.2) is 0 Å². The molecule has 1 aromatic carbocycles. The maximum atomic E-state index is 13.9. The topological polar surface area (TPSA) is 33.2 Å². The first-order valence-electron chi connectivity index (χ1n) is 6.03. The van der Waals surface area contributed by atoms with Gasteiger partial charge in [-0.3, -0.25) is 9.78 Å². The van der Waals surface area contributed by atoms with Crippen molar-refractivity contribution < 1.29 is 9.18 Å². The van der Waals surface area contributed by atoms with E-state index < -0.39 is 5.82 Å². The number of hydrogen-bond donors (Lipinski definition) is 0. The van der Waals surface area contributed by atoms with Crippen LogP contribution < -0.4 is 5.46 Å². The van der Waals surface area contributed by atoms with Crippen LogP contribution in [0.3, 0.4) is 0 Å². The van der Waals surface area contributed by atoms with Gasteiger partial charge >= 0.3 is 0 Å². The number of fused-ring (bicyclic) bond motifs is 1. The first-order chi connectivity index (χ1) is 9.56. The lowest BCUT2D eigenvalue weighted by Gasteiger charge is -2.17. The zero-order valence-electron chi connectivity index (χ0n) is 10.4. The largest absolute Gasteiger partial charge is 0.328 e. The Morgan fingerprint density at radius 2 is 2.25 bits per heavy atom. The molecule has 98 valence electrons. The molecule has 0 atom stereocenters. The molecule has 1 aliphatic heterocycles. The van der Waals surface area contributed by atoms with Crippen molar-refractivity contribution in [3.63, 3.8) is 0 Å². The van der Waals surface area contributed by atoms with Crippen LogP contribution in [0.2, 0.25) is 5.02 Å². The van der Waals surface area contributed by atoms with Crippen LogP contribution in [-0.2, 0) is 13.1 Å². The van der Waals surface area contributed by atoms with E-state index >= 15 is 0 Å². The summed E-state index contributed by atoms with van der Waals surface area (Å²) in [6, 6.07) is 6.10. The lowest BCUT2D eigenvalue weighted by atomic mass is 9.94. The molecule has 3 nitrogen and oxygen atoms in total. The van der Waals surface area contributed by atoms with E-state index in [4.69, 9.17) is 19.4 Å². The van der Waals surface area contributed by atoms with Crippen LogP contribution in [0.15, 0.2) is 30.5 Å². The zero-order valence-corrected chi connectivity index (χ0v) is 11.2. The predicted octanol–water partition coefficient (Wildman–Crippen LogP) is 1.82. The average molecular weight is 287 g/mol. The van der Waals surface area contributed by atoms with Gasteiger partial charge in [0, 0.05) is 16.8 Å². The van der Waals surface area contributed by atoms with Crippen LogP contribution in [-0.4, -0.2) is 23.6 Å². The first kappa shape index (κ1) is 13.1. The number of carbonyl (C=O) groups is 1. The van der Waals surface area contributed by atoms with Crippen molar-refractivity contribution in [1.29, 1.82) is 0 Å². The molecule has 0 bridgehead atoms. The summed E-state index contributed by atoms with van der Waals surface area (Å²) in [6.45, 7) is 0.454. The van der Waals surface area contributed by atoms with Gasteiger partial charge < -0.3 is 4.90 Å². The zero-order chi connectivity index (χ0) is 14.3. The number of halogens is 2. The highest BCUT2D eigenvalue weighted by Crippen LogP contribution is 2.26. The number of pyridine rings is 1. The van der Waals surface area contributed by atoms with Gasteiger partial charge in [0.25, 0.3) is 5.91 Å². The second kappa shape index (κ2) is 4.91. The van der Waals surface area contributed by atoms with Crippen molar-refractivity contribution >= 4 is 30.8 Å². The molecule has 0 fully saturated rings. The molecule has 6 heteroatoms. The Bertz CT molecular complexity index is 684. The summed E-state index contributed by atoms with van der Waals surface area (Å²) in [5.74, 6) is -0.674. The summed E-state index contributed by atoms with van der Waals surface area (Å²) in [6.07, 6.45) is 1.63. The molecule has 20 heavy (non-hydrogen) atoms. The van der Waals surface area contributed by atoms with Crippen LogP contribution in [0, 0.1) is 5.82 Å². The highest BCUT2D eigenvalue weighted by Gasteiger charge is 2.29. The predicted molar refractivity (Wildman–Crippen MR) is 74.6 cm³/mol. The van der Waals surface area contributed by atoms with E-state index in [-0.39, 0.29) is 28.5 Å². The third-order valence-electron chi connectivity index (χ3n) is 3.26. The standard InChI is InChI=1S/C14H9BClFN2O/c15-8-4-11(16)10(12(17)5-8)6-19-7-13-9(14(19)20)2-1-3-18-13/h1-5H,6-7H2. The van der Waals surface area contributed by atoms with Crippen LogP contribution in [0.25, 0.3) is 0 Å². The monoisotopic (exact) mass is 286 g/mol. The lowest BCUT2D eigenvalue weighted by molar-refractivity contribution is 0.0765. The lowest BCUT2D eigenvalue weighted by Crippen LogP contribution is -2.24. The summed E-state index contributed by atoms with van der Waals surface area (Å²) >= 11 is 6.00. The van der Waals surface area contributed by atoms with Gasteiger partial charge in [-0.1, -0.05) is 23.1 Å². The fourth-order valence-electron chi connectivity index (χ4n) is 2.27. The highest BCUT2D eigenvalue weighted by atomic mass is 35.5. The van der Waals surface area contributed by atoms with Crippen molar-refractivity contribution in [3.05, 3.63) is 58.1 Å². The van der Waals surface area contributed by atoms with E-state index in [0.717, 1.165) is 0 Å². The van der Waals surface area contributed by atoms with E-state index in [2.05, 4.69) is 4.98 Å². The minimum Gasteiger partial charge on any atom is -0.328 e. The van der Waals surface area contributed by atoms with Crippen LogP contribution in [0.5, 0.6) is 0 Å². The molecule has 2 radical (unpaired) electrons. The average Bonchev–Trinajstić information content (AvgIpc) is 2.71. The normalized spacial score (nSPS) is 13.7. The van der Waals surface area contributed by atoms with Crippen molar-refractivity contribution in [1.82, 2.24) is 9.88 Å². The van der Waals surface area contributed by atoms with Crippen molar-refractivity contribution in [2.24, 2.45) is 0 Å². The Balaban J connectivity index is 1.90. The van der Waals surface area contributed by atoms with Gasteiger partial charge in [-0.05, 0) is 18.2 Å². The number of nitrogens with zero attached hydrogens (tertiary/aromatic N) is 2. The van der Waals surface area contributed by atoms with Gasteiger partial charge in [-0.15, -0.1) is 0 Å². The summed E-state index contributed by atoms with van der Waals surface area (Å²) < 4.78 is 13.9. The molecule has 1 aromatic heterocycles. The summed E-state index contributed by atoms with van der Waals surface area (Å²) in [7, 11) is 5.52. The third kappa shape index (κ3) is 2.18. The SMILES string of the molecule is [B]c1cc(F)c(CN2Cc3ncccc3C2=O)c(Cl)c1. The van der Waals surface area contributed by atoms with E-state index in [1.165, 1.54) is 17.0 Å². The summed E-state index contributed by atoms with van der Waals surface area (Å²) in [5.41, 5.74) is 1.78. The van der Waals surface area contributed by atoms with E-state index in [1.54, 1.807) is 18.3 Å². The second-order valence-electron chi connectivity index (χ2n) is 4.62. The molecular formula is C14H9BClFN2O. The summed E-state index contributed by atoms with van der Waals surface area (Å²) in [4.78, 5) is 17.8. The van der Waals surface area contributed by atoms with E-state index in [1.807, 2.05) is 0 Å². The number of amides is 1. The van der Waals surface area contributed by atoms with Crippen molar-refractivity contribution in [3.8, 4) is 0 Å². The second-order valence-corrected chi connectivity index (χ2v) is 5.03. The molecule has 0 N–H and O–H groups in total. The Morgan fingerprint density at radius 1 is 1.45 bits per heavy atom. The quantitative estimate of drug-likeness (QED) is 0.789. The minimum absolute atomic E-state index is 0.0974. The molecular weight excluding hydrogens is 277 g/mol. The number of benzene rings is 1. The fraction of sp³-hybridized carbons (Fsp3) is 0.143.